The topological polar surface area (TPSA) is 57.7 Å². The van der Waals surface area contributed by atoms with E-state index in [9.17, 15) is 4.79 Å². The van der Waals surface area contributed by atoms with E-state index in [1.165, 1.54) is 5.69 Å². The summed E-state index contributed by atoms with van der Waals surface area (Å²) in [7, 11) is 1.64. The number of nitrogens with one attached hydrogen (secondary N) is 1. The SMILES string of the molecule is COc1ccc(CNC(=O)c2ccc3ccnc(N4CCN(c5ccc(Cl)cc5)CC4)c3c2)cc1. The van der Waals surface area contributed by atoms with Gasteiger partial charge < -0.3 is 19.9 Å². The number of amides is 1. The smallest absolute Gasteiger partial charge is 0.251 e. The third kappa shape index (κ3) is 5.17. The number of methoxy groups -OCH3 is 1. The Kier molecular flexibility index (Phi) is 6.73. The molecule has 7 heteroatoms. The van der Waals surface area contributed by atoms with Gasteiger partial charge in [-0.2, -0.15) is 0 Å². The molecule has 1 aliphatic heterocycles. The number of ether oxygens (including phenoxy) is 1. The Morgan fingerprint density at radius 2 is 1.66 bits per heavy atom. The number of anilines is 2. The van der Waals surface area contributed by atoms with Gasteiger partial charge in [-0.3, -0.25) is 4.79 Å². The Hall–Kier alpha value is -3.77. The number of pyridine rings is 1. The van der Waals surface area contributed by atoms with Crippen molar-refractivity contribution in [3.8, 4) is 5.75 Å². The molecule has 4 aromatic rings. The number of rotatable bonds is 6. The van der Waals surface area contributed by atoms with E-state index < -0.39 is 0 Å². The first-order valence-corrected chi connectivity index (χ1v) is 12.0. The van der Waals surface area contributed by atoms with Crippen LogP contribution in [0, 0.1) is 0 Å². The average molecular weight is 487 g/mol. The zero-order valence-electron chi connectivity index (χ0n) is 19.6. The number of fused-ring (bicyclic) bond motifs is 1. The van der Waals surface area contributed by atoms with Crippen molar-refractivity contribution in [3.63, 3.8) is 0 Å². The Morgan fingerprint density at radius 3 is 2.37 bits per heavy atom. The van der Waals surface area contributed by atoms with Crippen LogP contribution in [0.5, 0.6) is 5.75 Å². The van der Waals surface area contributed by atoms with E-state index in [4.69, 9.17) is 21.3 Å². The molecule has 35 heavy (non-hydrogen) atoms. The molecule has 1 fully saturated rings. The first-order chi connectivity index (χ1) is 17.1. The zero-order chi connectivity index (χ0) is 24.2. The second kappa shape index (κ2) is 10.2. The molecule has 1 amide bonds. The van der Waals surface area contributed by atoms with Gasteiger partial charge >= 0.3 is 0 Å². The zero-order valence-corrected chi connectivity index (χ0v) is 20.3. The van der Waals surface area contributed by atoms with Gasteiger partial charge in [0, 0.05) is 60.6 Å². The lowest BCUT2D eigenvalue weighted by Crippen LogP contribution is -2.46. The van der Waals surface area contributed by atoms with Gasteiger partial charge in [-0.05, 0) is 65.5 Å². The highest BCUT2D eigenvalue weighted by atomic mass is 35.5. The number of halogens is 1. The molecular formula is C28H27ClN4O2. The lowest BCUT2D eigenvalue weighted by molar-refractivity contribution is 0.0951. The van der Waals surface area contributed by atoms with E-state index in [2.05, 4.69) is 27.2 Å². The maximum Gasteiger partial charge on any atom is 0.251 e. The molecule has 5 rings (SSSR count). The van der Waals surface area contributed by atoms with Crippen molar-refractivity contribution in [2.24, 2.45) is 0 Å². The number of carbonyl (C=O) groups is 1. The largest absolute Gasteiger partial charge is 0.497 e. The quantitative estimate of drug-likeness (QED) is 0.408. The van der Waals surface area contributed by atoms with Gasteiger partial charge in [0.05, 0.1) is 7.11 Å². The van der Waals surface area contributed by atoms with Crippen LogP contribution in [-0.4, -0.2) is 44.2 Å². The monoisotopic (exact) mass is 486 g/mol. The minimum absolute atomic E-state index is 0.106. The lowest BCUT2D eigenvalue weighted by Gasteiger charge is -2.37. The van der Waals surface area contributed by atoms with Crippen molar-refractivity contribution in [2.45, 2.75) is 6.54 Å². The highest BCUT2D eigenvalue weighted by Gasteiger charge is 2.20. The summed E-state index contributed by atoms with van der Waals surface area (Å²) in [6.45, 7) is 3.93. The van der Waals surface area contributed by atoms with Crippen LogP contribution in [0.2, 0.25) is 5.02 Å². The van der Waals surface area contributed by atoms with Crippen LogP contribution in [0.3, 0.4) is 0 Å². The van der Waals surface area contributed by atoms with Gasteiger partial charge in [-0.25, -0.2) is 4.98 Å². The number of benzene rings is 3. The molecule has 0 bridgehead atoms. The molecule has 1 N–H and O–H groups in total. The second-order valence-electron chi connectivity index (χ2n) is 8.55. The van der Waals surface area contributed by atoms with Crippen LogP contribution in [0.15, 0.2) is 79.0 Å². The summed E-state index contributed by atoms with van der Waals surface area (Å²) in [5.41, 5.74) is 2.82. The number of carbonyl (C=O) groups excluding carboxylic acids is 1. The highest BCUT2D eigenvalue weighted by molar-refractivity contribution is 6.30. The summed E-state index contributed by atoms with van der Waals surface area (Å²) in [6.07, 6.45) is 1.84. The second-order valence-corrected chi connectivity index (χ2v) is 8.99. The molecule has 1 aromatic heterocycles. The molecule has 1 aliphatic rings. The third-order valence-corrected chi connectivity index (χ3v) is 6.64. The normalized spacial score (nSPS) is 13.7. The van der Waals surface area contributed by atoms with Crippen molar-refractivity contribution in [1.29, 1.82) is 0 Å². The van der Waals surface area contributed by atoms with E-state index in [1.807, 2.05) is 66.9 Å². The van der Waals surface area contributed by atoms with Crippen LogP contribution in [-0.2, 0) is 6.54 Å². The Labute approximate surface area is 210 Å². The predicted octanol–water partition coefficient (Wildman–Crippen LogP) is 5.15. The van der Waals surface area contributed by atoms with E-state index >= 15 is 0 Å². The van der Waals surface area contributed by atoms with Gasteiger partial charge in [0.1, 0.15) is 11.6 Å². The van der Waals surface area contributed by atoms with Gasteiger partial charge in [0.2, 0.25) is 0 Å². The van der Waals surface area contributed by atoms with Crippen LogP contribution in [0.1, 0.15) is 15.9 Å². The fraction of sp³-hybridized carbons (Fsp3) is 0.214. The average Bonchev–Trinajstić information content (AvgIpc) is 2.92. The minimum atomic E-state index is -0.106. The van der Waals surface area contributed by atoms with Crippen molar-refractivity contribution in [2.75, 3.05) is 43.1 Å². The van der Waals surface area contributed by atoms with Gasteiger partial charge in [-0.15, -0.1) is 0 Å². The number of aromatic nitrogens is 1. The summed E-state index contributed by atoms with van der Waals surface area (Å²) in [4.78, 5) is 22.3. The van der Waals surface area contributed by atoms with E-state index in [0.717, 1.165) is 59.1 Å². The highest BCUT2D eigenvalue weighted by Crippen LogP contribution is 2.28. The third-order valence-electron chi connectivity index (χ3n) is 6.39. The molecule has 0 spiro atoms. The first-order valence-electron chi connectivity index (χ1n) is 11.7. The van der Waals surface area contributed by atoms with E-state index in [-0.39, 0.29) is 5.91 Å². The van der Waals surface area contributed by atoms with Crippen LogP contribution >= 0.6 is 11.6 Å². The van der Waals surface area contributed by atoms with Crippen molar-refractivity contribution in [1.82, 2.24) is 10.3 Å². The molecular weight excluding hydrogens is 460 g/mol. The summed E-state index contributed by atoms with van der Waals surface area (Å²) >= 11 is 6.04. The number of hydrogen-bond donors (Lipinski definition) is 1. The Bertz CT molecular complexity index is 1320. The van der Waals surface area contributed by atoms with Gasteiger partial charge in [0.15, 0.2) is 0 Å². The lowest BCUT2D eigenvalue weighted by atomic mass is 10.1. The summed E-state index contributed by atoms with van der Waals surface area (Å²) in [5.74, 6) is 1.61. The summed E-state index contributed by atoms with van der Waals surface area (Å²) in [5, 5.41) is 5.82. The predicted molar refractivity (Wildman–Crippen MR) is 142 cm³/mol. The molecule has 1 saturated heterocycles. The molecule has 2 heterocycles. The Morgan fingerprint density at radius 1 is 0.943 bits per heavy atom. The number of piperazine rings is 1. The molecule has 3 aromatic carbocycles. The van der Waals surface area contributed by atoms with Crippen molar-refractivity contribution in [3.05, 3.63) is 95.1 Å². The molecule has 6 nitrogen and oxygen atoms in total. The molecule has 0 aliphatic carbocycles. The minimum Gasteiger partial charge on any atom is -0.497 e. The number of nitrogens with zero attached hydrogens (tertiary/aromatic N) is 3. The van der Waals surface area contributed by atoms with Gasteiger partial charge in [0.25, 0.3) is 5.91 Å². The van der Waals surface area contributed by atoms with E-state index in [1.54, 1.807) is 7.11 Å². The maximum atomic E-state index is 12.9. The van der Waals surface area contributed by atoms with Crippen molar-refractivity contribution < 1.29 is 9.53 Å². The molecule has 0 radical (unpaired) electrons. The molecule has 0 atom stereocenters. The summed E-state index contributed by atoms with van der Waals surface area (Å²) < 4.78 is 5.19. The standard InChI is InChI=1S/C28H27ClN4O2/c1-35-25-10-2-20(3-11-25)19-31-28(34)22-5-4-21-12-13-30-27(26(21)18-22)33-16-14-32(15-17-33)24-8-6-23(29)7-9-24/h2-13,18H,14-17,19H2,1H3,(H,31,34). The maximum absolute atomic E-state index is 12.9. The van der Waals surface area contributed by atoms with Crippen molar-refractivity contribution >= 4 is 39.8 Å². The van der Waals surface area contributed by atoms with Crippen LogP contribution in [0.25, 0.3) is 10.8 Å². The van der Waals surface area contributed by atoms with Gasteiger partial charge in [-0.1, -0.05) is 29.8 Å². The van der Waals surface area contributed by atoms with Crippen LogP contribution < -0.4 is 19.9 Å². The first kappa shape index (κ1) is 23.0. The molecule has 0 unspecified atom stereocenters. The summed E-state index contributed by atoms with van der Waals surface area (Å²) in [6, 6.07) is 23.5. The fourth-order valence-electron chi connectivity index (χ4n) is 4.40. The Balaban J connectivity index is 1.29. The molecule has 0 saturated carbocycles. The van der Waals surface area contributed by atoms with Crippen LogP contribution in [0.4, 0.5) is 11.5 Å². The number of hydrogen-bond acceptors (Lipinski definition) is 5. The fourth-order valence-corrected chi connectivity index (χ4v) is 4.53. The molecule has 178 valence electrons. The van der Waals surface area contributed by atoms with E-state index in [0.29, 0.717) is 12.1 Å².